The Bertz CT molecular complexity index is 275. The Hall–Kier alpha value is -0.0300. The van der Waals surface area contributed by atoms with Gasteiger partial charge in [0.15, 0.2) is 0 Å². The molecule has 0 aromatic carbocycles. The van der Waals surface area contributed by atoms with Gasteiger partial charge in [0, 0.05) is 25.7 Å². The van der Waals surface area contributed by atoms with Crippen molar-refractivity contribution in [2.75, 3.05) is 32.7 Å². The average Bonchev–Trinajstić information content (AvgIpc) is 2.78. The summed E-state index contributed by atoms with van der Waals surface area (Å²) >= 11 is 0. The molecule has 0 radical (unpaired) electrons. The Morgan fingerprint density at radius 2 is 2.00 bits per heavy atom. The Morgan fingerprint density at radius 3 is 2.47 bits per heavy atom. The van der Waals surface area contributed by atoms with Gasteiger partial charge in [0.05, 0.1) is 5.41 Å². The molecule has 6 heteroatoms. The van der Waals surface area contributed by atoms with E-state index in [2.05, 4.69) is 29.4 Å². The first kappa shape index (κ1) is 19.0. The molecular weight excluding hydrogens is 285 g/mol. The standard InChI is InChI=1S/C13H25N3O.2ClH/c1-3-16-8-4-11(5-9-16)15-12(17)13(2)6-7-14-10-13;;/h11,14H,3-10H2,1-2H3,(H,15,17);2*1H. The fraction of sp³-hybridized carbons (Fsp3) is 0.923. The van der Waals surface area contributed by atoms with Gasteiger partial charge < -0.3 is 15.5 Å². The van der Waals surface area contributed by atoms with Crippen LogP contribution in [-0.4, -0.2) is 49.6 Å². The van der Waals surface area contributed by atoms with Crippen LogP contribution in [0, 0.1) is 5.41 Å². The van der Waals surface area contributed by atoms with Gasteiger partial charge in [-0.25, -0.2) is 0 Å². The Balaban J connectivity index is 0.00000162. The van der Waals surface area contributed by atoms with Crippen molar-refractivity contribution in [2.24, 2.45) is 5.41 Å². The number of nitrogens with one attached hydrogen (secondary N) is 2. The Morgan fingerprint density at radius 1 is 1.37 bits per heavy atom. The van der Waals surface area contributed by atoms with Crippen LogP contribution in [0.2, 0.25) is 0 Å². The molecule has 0 aromatic rings. The molecule has 0 bridgehead atoms. The van der Waals surface area contributed by atoms with Crippen molar-refractivity contribution in [1.29, 1.82) is 0 Å². The second-order valence-corrected chi connectivity index (χ2v) is 5.67. The molecule has 2 saturated heterocycles. The van der Waals surface area contributed by atoms with E-state index in [1.54, 1.807) is 0 Å². The van der Waals surface area contributed by atoms with Crippen molar-refractivity contribution < 1.29 is 4.79 Å². The first-order chi connectivity index (χ1) is 8.14. The summed E-state index contributed by atoms with van der Waals surface area (Å²) in [5.41, 5.74) is -0.179. The van der Waals surface area contributed by atoms with Gasteiger partial charge in [-0.3, -0.25) is 4.79 Å². The molecular formula is C13H27Cl2N3O. The minimum atomic E-state index is -0.179. The molecule has 1 atom stereocenters. The van der Waals surface area contributed by atoms with Gasteiger partial charge in [0.2, 0.25) is 5.91 Å². The van der Waals surface area contributed by atoms with Gasteiger partial charge in [-0.2, -0.15) is 0 Å². The number of hydrogen-bond donors (Lipinski definition) is 2. The number of carbonyl (C=O) groups is 1. The minimum absolute atomic E-state index is 0. The summed E-state index contributed by atoms with van der Waals surface area (Å²) in [6.45, 7) is 9.44. The molecule has 1 unspecified atom stereocenters. The van der Waals surface area contributed by atoms with Gasteiger partial charge in [-0.15, -0.1) is 24.8 Å². The van der Waals surface area contributed by atoms with Crippen LogP contribution in [0.25, 0.3) is 0 Å². The molecule has 2 rings (SSSR count). The predicted octanol–water partition coefficient (Wildman–Crippen LogP) is 1.43. The van der Waals surface area contributed by atoms with Gasteiger partial charge in [-0.1, -0.05) is 6.92 Å². The second kappa shape index (κ2) is 8.30. The molecule has 0 saturated carbocycles. The van der Waals surface area contributed by atoms with E-state index in [0.29, 0.717) is 6.04 Å². The Kier molecular flexibility index (Phi) is 8.29. The largest absolute Gasteiger partial charge is 0.353 e. The summed E-state index contributed by atoms with van der Waals surface area (Å²) in [7, 11) is 0. The van der Waals surface area contributed by atoms with Gasteiger partial charge in [-0.05, 0) is 39.3 Å². The number of halogens is 2. The summed E-state index contributed by atoms with van der Waals surface area (Å²) in [5.74, 6) is 0.248. The van der Waals surface area contributed by atoms with E-state index in [1.807, 2.05) is 0 Å². The van der Waals surface area contributed by atoms with Crippen LogP contribution < -0.4 is 10.6 Å². The van der Waals surface area contributed by atoms with Crippen molar-refractivity contribution in [1.82, 2.24) is 15.5 Å². The molecule has 2 aliphatic rings. The van der Waals surface area contributed by atoms with Gasteiger partial charge in [0.25, 0.3) is 0 Å². The summed E-state index contributed by atoms with van der Waals surface area (Å²) in [6.07, 6.45) is 3.17. The number of rotatable bonds is 3. The van der Waals surface area contributed by atoms with Crippen LogP contribution in [0.5, 0.6) is 0 Å². The lowest BCUT2D eigenvalue weighted by Crippen LogP contribution is -2.49. The normalized spacial score (nSPS) is 28.3. The molecule has 114 valence electrons. The lowest BCUT2D eigenvalue weighted by atomic mass is 9.88. The third kappa shape index (κ3) is 4.78. The maximum atomic E-state index is 12.2. The SMILES string of the molecule is CCN1CCC(NC(=O)C2(C)CCNC2)CC1.Cl.Cl. The van der Waals surface area contributed by atoms with Crippen LogP contribution >= 0.6 is 24.8 Å². The highest BCUT2D eigenvalue weighted by atomic mass is 35.5. The van der Waals surface area contributed by atoms with E-state index in [-0.39, 0.29) is 36.1 Å². The molecule has 0 spiro atoms. The van der Waals surface area contributed by atoms with Gasteiger partial charge >= 0.3 is 0 Å². The number of carbonyl (C=O) groups excluding carboxylic acids is 1. The van der Waals surface area contributed by atoms with Crippen LogP contribution in [0.15, 0.2) is 0 Å². The lowest BCUT2D eigenvalue weighted by Gasteiger charge is -2.33. The summed E-state index contributed by atoms with van der Waals surface area (Å²) < 4.78 is 0. The van der Waals surface area contributed by atoms with E-state index in [0.717, 1.165) is 52.0 Å². The predicted molar refractivity (Wildman–Crippen MR) is 83.4 cm³/mol. The molecule has 0 aromatic heterocycles. The van der Waals surface area contributed by atoms with Crippen LogP contribution in [0.3, 0.4) is 0 Å². The molecule has 1 amide bonds. The molecule has 2 aliphatic heterocycles. The van der Waals surface area contributed by atoms with Crippen molar-refractivity contribution in [2.45, 2.75) is 39.2 Å². The smallest absolute Gasteiger partial charge is 0.227 e. The fourth-order valence-electron chi connectivity index (χ4n) is 2.76. The molecule has 0 aliphatic carbocycles. The fourth-order valence-corrected chi connectivity index (χ4v) is 2.76. The number of likely N-dealkylation sites (tertiary alicyclic amines) is 1. The molecule has 2 fully saturated rings. The van der Waals surface area contributed by atoms with E-state index in [4.69, 9.17) is 0 Å². The number of piperidine rings is 1. The quantitative estimate of drug-likeness (QED) is 0.829. The number of hydrogen-bond acceptors (Lipinski definition) is 3. The van der Waals surface area contributed by atoms with Crippen molar-refractivity contribution in [3.05, 3.63) is 0 Å². The second-order valence-electron chi connectivity index (χ2n) is 5.67. The topological polar surface area (TPSA) is 44.4 Å². The molecule has 4 nitrogen and oxygen atoms in total. The maximum absolute atomic E-state index is 12.2. The Labute approximate surface area is 128 Å². The minimum Gasteiger partial charge on any atom is -0.353 e. The highest BCUT2D eigenvalue weighted by Gasteiger charge is 2.37. The average molecular weight is 312 g/mol. The van der Waals surface area contributed by atoms with E-state index in [1.165, 1.54) is 0 Å². The maximum Gasteiger partial charge on any atom is 0.227 e. The van der Waals surface area contributed by atoms with E-state index >= 15 is 0 Å². The number of nitrogens with zero attached hydrogens (tertiary/aromatic N) is 1. The monoisotopic (exact) mass is 311 g/mol. The summed E-state index contributed by atoms with van der Waals surface area (Å²) in [6, 6.07) is 0.391. The van der Waals surface area contributed by atoms with Crippen molar-refractivity contribution >= 4 is 30.7 Å². The van der Waals surface area contributed by atoms with Crippen molar-refractivity contribution in [3.63, 3.8) is 0 Å². The zero-order valence-corrected chi connectivity index (χ0v) is 13.5. The van der Waals surface area contributed by atoms with Crippen LogP contribution in [0.1, 0.15) is 33.1 Å². The first-order valence-electron chi connectivity index (χ1n) is 6.88. The van der Waals surface area contributed by atoms with E-state index < -0.39 is 0 Å². The van der Waals surface area contributed by atoms with E-state index in [9.17, 15) is 4.79 Å². The lowest BCUT2D eigenvalue weighted by molar-refractivity contribution is -0.130. The third-order valence-corrected chi connectivity index (χ3v) is 4.29. The van der Waals surface area contributed by atoms with Crippen molar-refractivity contribution in [3.8, 4) is 0 Å². The molecule has 2 N–H and O–H groups in total. The third-order valence-electron chi connectivity index (χ3n) is 4.29. The summed E-state index contributed by atoms with van der Waals surface area (Å²) in [5, 5.41) is 6.52. The zero-order valence-electron chi connectivity index (χ0n) is 11.9. The highest BCUT2D eigenvalue weighted by molar-refractivity contribution is 5.85. The highest BCUT2D eigenvalue weighted by Crippen LogP contribution is 2.25. The summed E-state index contributed by atoms with van der Waals surface area (Å²) in [4.78, 5) is 14.7. The van der Waals surface area contributed by atoms with Crippen LogP contribution in [-0.2, 0) is 4.79 Å². The van der Waals surface area contributed by atoms with Crippen LogP contribution in [0.4, 0.5) is 0 Å². The molecule has 2 heterocycles. The number of amides is 1. The first-order valence-corrected chi connectivity index (χ1v) is 6.88. The van der Waals surface area contributed by atoms with Gasteiger partial charge in [0.1, 0.15) is 0 Å². The molecule has 19 heavy (non-hydrogen) atoms. The zero-order chi connectivity index (χ0) is 12.3.